The predicted molar refractivity (Wildman–Crippen MR) is 132 cm³/mol. The van der Waals surface area contributed by atoms with E-state index >= 15 is 0 Å². The largest absolute Gasteiger partial charge is 0.492 e. The average Bonchev–Trinajstić information content (AvgIpc) is 2.84. The molecule has 3 aromatic rings. The summed E-state index contributed by atoms with van der Waals surface area (Å²) < 4.78 is 37.7. The van der Waals surface area contributed by atoms with Crippen molar-refractivity contribution in [2.24, 2.45) is 5.73 Å². The zero-order chi connectivity index (χ0) is 25.6. The van der Waals surface area contributed by atoms with E-state index in [1.54, 1.807) is 61.5 Å². The van der Waals surface area contributed by atoms with Gasteiger partial charge in [0.1, 0.15) is 23.0 Å². The topological polar surface area (TPSA) is 128 Å². The second kappa shape index (κ2) is 11.0. The first-order chi connectivity index (χ1) is 16.6. The fourth-order valence-electron chi connectivity index (χ4n) is 3.22. The van der Waals surface area contributed by atoms with Gasteiger partial charge in [-0.2, -0.15) is 0 Å². The molecule has 3 rings (SSSR count). The van der Waals surface area contributed by atoms with Crippen LogP contribution >= 0.6 is 0 Å². The Bertz CT molecular complexity index is 1340. The van der Waals surface area contributed by atoms with Crippen LogP contribution in [-0.4, -0.2) is 45.2 Å². The molecule has 0 radical (unpaired) electrons. The molecule has 0 saturated carbocycles. The van der Waals surface area contributed by atoms with Gasteiger partial charge in [-0.1, -0.05) is 24.3 Å². The maximum Gasteiger partial charge on any atom is 0.255 e. The van der Waals surface area contributed by atoms with Gasteiger partial charge in [0.2, 0.25) is 10.0 Å². The normalized spacial score (nSPS) is 11.2. The molecule has 0 aliphatic heterocycles. The summed E-state index contributed by atoms with van der Waals surface area (Å²) in [6, 6.07) is 17.8. The van der Waals surface area contributed by atoms with Crippen molar-refractivity contribution < 1.29 is 27.5 Å². The number of nitrogens with zero attached hydrogens (tertiary/aromatic N) is 1. The molecule has 9 nitrogen and oxygen atoms in total. The molecule has 0 fully saturated rings. The highest BCUT2D eigenvalue weighted by atomic mass is 32.2. The molecule has 0 bridgehead atoms. The molecular formula is C25H27N3O6S. The van der Waals surface area contributed by atoms with Crippen LogP contribution in [0.15, 0.2) is 71.6 Å². The number of rotatable bonds is 10. The molecule has 0 atom stereocenters. The Morgan fingerprint density at radius 3 is 2.37 bits per heavy atom. The molecule has 0 saturated heterocycles. The first-order valence-corrected chi connectivity index (χ1v) is 12.2. The van der Waals surface area contributed by atoms with Crippen molar-refractivity contribution in [1.29, 1.82) is 0 Å². The Balaban J connectivity index is 1.79. The highest BCUT2D eigenvalue weighted by molar-refractivity contribution is 7.89. The Morgan fingerprint density at radius 1 is 0.943 bits per heavy atom. The summed E-state index contributed by atoms with van der Waals surface area (Å²) in [7, 11) is -0.951. The van der Waals surface area contributed by atoms with E-state index in [4.69, 9.17) is 15.2 Å². The number of para-hydroxylation sites is 1. The Kier molecular flexibility index (Phi) is 8.10. The van der Waals surface area contributed by atoms with Gasteiger partial charge in [0, 0.05) is 25.3 Å². The van der Waals surface area contributed by atoms with Crippen molar-refractivity contribution in [3.05, 3.63) is 83.4 Å². The summed E-state index contributed by atoms with van der Waals surface area (Å²) in [6.45, 7) is 2.16. The van der Waals surface area contributed by atoms with Crippen LogP contribution in [0.5, 0.6) is 11.5 Å². The summed E-state index contributed by atoms with van der Waals surface area (Å²) >= 11 is 0. The SMILES string of the molecule is CCOc1ccc(NC(=O)c2cccc(COc3ccccc3C(N)=O)c2)cc1S(=O)(=O)N(C)C. The highest BCUT2D eigenvalue weighted by Gasteiger charge is 2.23. The van der Waals surface area contributed by atoms with Crippen LogP contribution in [0.4, 0.5) is 5.69 Å². The number of amides is 2. The van der Waals surface area contributed by atoms with Crippen molar-refractivity contribution in [3.8, 4) is 11.5 Å². The molecule has 3 N–H and O–H groups in total. The molecule has 2 amide bonds. The number of carbonyl (C=O) groups excluding carboxylic acids is 2. The van der Waals surface area contributed by atoms with Gasteiger partial charge in [-0.25, -0.2) is 12.7 Å². The Hall–Kier alpha value is -3.89. The minimum Gasteiger partial charge on any atom is -0.492 e. The van der Waals surface area contributed by atoms with Crippen LogP contribution in [0.1, 0.15) is 33.2 Å². The molecule has 10 heteroatoms. The van der Waals surface area contributed by atoms with Crippen molar-refractivity contribution in [1.82, 2.24) is 4.31 Å². The van der Waals surface area contributed by atoms with E-state index in [1.807, 2.05) is 0 Å². The number of hydrogen-bond acceptors (Lipinski definition) is 6. The third-order valence-electron chi connectivity index (χ3n) is 5.00. The molecule has 0 aliphatic carbocycles. The first-order valence-electron chi connectivity index (χ1n) is 10.7. The summed E-state index contributed by atoms with van der Waals surface area (Å²) in [5.74, 6) is -0.477. The highest BCUT2D eigenvalue weighted by Crippen LogP contribution is 2.29. The van der Waals surface area contributed by atoms with E-state index in [9.17, 15) is 18.0 Å². The zero-order valence-electron chi connectivity index (χ0n) is 19.6. The van der Waals surface area contributed by atoms with Gasteiger partial charge in [0.25, 0.3) is 11.8 Å². The van der Waals surface area contributed by atoms with Crippen LogP contribution in [0.25, 0.3) is 0 Å². The fraction of sp³-hybridized carbons (Fsp3) is 0.200. The van der Waals surface area contributed by atoms with E-state index in [-0.39, 0.29) is 22.8 Å². The second-order valence-corrected chi connectivity index (χ2v) is 9.81. The summed E-state index contributed by atoms with van der Waals surface area (Å²) in [6.07, 6.45) is 0. The molecule has 0 heterocycles. The molecule has 3 aromatic carbocycles. The van der Waals surface area contributed by atoms with Gasteiger partial charge in [-0.05, 0) is 55.0 Å². The predicted octanol–water partition coefficient (Wildman–Crippen LogP) is 3.27. The number of hydrogen-bond donors (Lipinski definition) is 2. The maximum absolute atomic E-state index is 12.9. The summed E-state index contributed by atoms with van der Waals surface area (Å²) in [5.41, 5.74) is 6.99. The number of primary amides is 1. The van der Waals surface area contributed by atoms with Gasteiger partial charge in [-0.15, -0.1) is 0 Å². The lowest BCUT2D eigenvalue weighted by molar-refractivity contribution is 0.0994. The summed E-state index contributed by atoms with van der Waals surface area (Å²) in [4.78, 5) is 24.4. The van der Waals surface area contributed by atoms with Crippen LogP contribution in [0.3, 0.4) is 0 Å². The van der Waals surface area contributed by atoms with Gasteiger partial charge < -0.3 is 20.5 Å². The molecule has 184 valence electrons. The van der Waals surface area contributed by atoms with Crippen molar-refractivity contribution in [2.45, 2.75) is 18.4 Å². The van der Waals surface area contributed by atoms with Crippen LogP contribution in [0, 0.1) is 0 Å². The molecular weight excluding hydrogens is 470 g/mol. The van der Waals surface area contributed by atoms with Gasteiger partial charge >= 0.3 is 0 Å². The second-order valence-electron chi connectivity index (χ2n) is 7.69. The number of nitrogens with two attached hydrogens (primary N) is 1. The zero-order valence-corrected chi connectivity index (χ0v) is 20.5. The van der Waals surface area contributed by atoms with Crippen LogP contribution < -0.4 is 20.5 Å². The molecule has 0 spiro atoms. The minimum absolute atomic E-state index is 0.0441. The third-order valence-corrected chi connectivity index (χ3v) is 6.83. The number of nitrogens with one attached hydrogen (secondary N) is 1. The molecule has 0 aromatic heterocycles. The van der Waals surface area contributed by atoms with Crippen molar-refractivity contribution in [3.63, 3.8) is 0 Å². The van der Waals surface area contributed by atoms with Crippen molar-refractivity contribution in [2.75, 3.05) is 26.0 Å². The van der Waals surface area contributed by atoms with E-state index in [2.05, 4.69) is 5.32 Å². The van der Waals surface area contributed by atoms with E-state index < -0.39 is 21.8 Å². The van der Waals surface area contributed by atoms with E-state index in [1.165, 1.54) is 26.2 Å². The first kappa shape index (κ1) is 25.7. The quantitative estimate of drug-likeness (QED) is 0.442. The Morgan fingerprint density at radius 2 is 1.69 bits per heavy atom. The Labute approximate surface area is 204 Å². The molecule has 0 unspecified atom stereocenters. The fourth-order valence-corrected chi connectivity index (χ4v) is 4.27. The minimum atomic E-state index is -3.80. The van der Waals surface area contributed by atoms with Gasteiger partial charge in [0.05, 0.1) is 12.2 Å². The van der Waals surface area contributed by atoms with Crippen LogP contribution in [0.2, 0.25) is 0 Å². The number of sulfonamides is 1. The third kappa shape index (κ3) is 6.17. The number of ether oxygens (including phenoxy) is 2. The smallest absolute Gasteiger partial charge is 0.255 e. The van der Waals surface area contributed by atoms with Crippen LogP contribution in [-0.2, 0) is 16.6 Å². The van der Waals surface area contributed by atoms with Crippen molar-refractivity contribution >= 4 is 27.5 Å². The monoisotopic (exact) mass is 497 g/mol. The molecule has 0 aliphatic rings. The number of carbonyl (C=O) groups is 2. The van der Waals surface area contributed by atoms with Gasteiger partial charge in [0.15, 0.2) is 0 Å². The van der Waals surface area contributed by atoms with E-state index in [0.29, 0.717) is 29.2 Å². The summed E-state index contributed by atoms with van der Waals surface area (Å²) in [5, 5.41) is 2.72. The standard InChI is InChI=1S/C25H27N3O6S/c1-4-33-22-13-12-19(15-23(22)35(31,32)28(2)3)27-25(30)18-9-7-8-17(14-18)16-34-21-11-6-5-10-20(21)24(26)29/h5-15H,4,16H2,1-3H3,(H2,26,29)(H,27,30). The number of benzene rings is 3. The number of anilines is 1. The average molecular weight is 498 g/mol. The molecule has 35 heavy (non-hydrogen) atoms. The maximum atomic E-state index is 12.9. The van der Waals surface area contributed by atoms with E-state index in [0.717, 1.165) is 4.31 Å². The lowest BCUT2D eigenvalue weighted by Crippen LogP contribution is -2.23. The lowest BCUT2D eigenvalue weighted by atomic mass is 10.1. The lowest BCUT2D eigenvalue weighted by Gasteiger charge is -2.17. The van der Waals surface area contributed by atoms with Gasteiger partial charge in [-0.3, -0.25) is 9.59 Å².